The fraction of sp³-hybridized carbons (Fsp3) is 0. The van der Waals surface area contributed by atoms with Gasteiger partial charge in [-0.15, -0.1) is 0 Å². The van der Waals surface area contributed by atoms with Crippen molar-refractivity contribution >= 4 is 21.6 Å². The lowest BCUT2D eigenvalue weighted by Crippen LogP contribution is -2.14. The van der Waals surface area contributed by atoms with E-state index in [0.29, 0.717) is 0 Å². The highest BCUT2D eigenvalue weighted by atomic mass is 35.5. The van der Waals surface area contributed by atoms with E-state index in [1.807, 2.05) is 0 Å². The minimum absolute atomic E-state index is 0.0446. The summed E-state index contributed by atoms with van der Waals surface area (Å²) in [5.74, 6) is -0.512. The van der Waals surface area contributed by atoms with Crippen LogP contribution in [-0.2, 0) is 10.0 Å². The van der Waals surface area contributed by atoms with Crippen molar-refractivity contribution in [3.63, 3.8) is 0 Å². The molecule has 3 N–H and O–H groups in total. The maximum absolute atomic E-state index is 10.7. The van der Waals surface area contributed by atoms with Gasteiger partial charge in [0.25, 0.3) is 10.0 Å². The van der Waals surface area contributed by atoms with Crippen molar-refractivity contribution in [2.75, 3.05) is 0 Å². The minimum Gasteiger partial charge on any atom is -0.505 e. The largest absolute Gasteiger partial charge is 0.505 e. The molecular formula is C5H5ClN2O3S. The Morgan fingerprint density at radius 2 is 2.08 bits per heavy atom. The molecule has 0 bridgehead atoms. The number of aromatic nitrogens is 1. The van der Waals surface area contributed by atoms with Gasteiger partial charge in [0, 0.05) is 0 Å². The molecule has 1 aromatic heterocycles. The van der Waals surface area contributed by atoms with E-state index < -0.39 is 20.8 Å². The highest BCUT2D eigenvalue weighted by Gasteiger charge is 2.15. The lowest BCUT2D eigenvalue weighted by Gasteiger charge is -1.99. The molecule has 0 saturated heterocycles. The summed E-state index contributed by atoms with van der Waals surface area (Å²) < 4.78 is 21.4. The smallest absolute Gasteiger partial charge is 0.259 e. The molecule has 0 unspecified atom stereocenters. The first-order valence-corrected chi connectivity index (χ1v) is 4.72. The van der Waals surface area contributed by atoms with Gasteiger partial charge in [-0.05, 0) is 12.1 Å². The van der Waals surface area contributed by atoms with E-state index in [1.54, 1.807) is 0 Å². The summed E-state index contributed by atoms with van der Waals surface area (Å²) in [7, 11) is -4.00. The molecule has 0 spiro atoms. The van der Waals surface area contributed by atoms with Crippen molar-refractivity contribution in [2.24, 2.45) is 5.14 Å². The quantitative estimate of drug-likeness (QED) is 0.640. The number of nitrogens with two attached hydrogens (primary N) is 1. The molecular weight excluding hydrogens is 204 g/mol. The van der Waals surface area contributed by atoms with Crippen LogP contribution in [0.15, 0.2) is 17.2 Å². The zero-order chi connectivity index (χ0) is 9.35. The Kier molecular flexibility index (Phi) is 2.22. The molecule has 0 amide bonds. The van der Waals surface area contributed by atoms with Crippen LogP contribution in [0.25, 0.3) is 0 Å². The Balaban J connectivity index is 3.43. The van der Waals surface area contributed by atoms with Gasteiger partial charge in [-0.1, -0.05) is 11.6 Å². The number of rotatable bonds is 1. The highest BCUT2D eigenvalue weighted by molar-refractivity contribution is 7.89. The lowest BCUT2D eigenvalue weighted by molar-refractivity contribution is 0.452. The van der Waals surface area contributed by atoms with Crippen molar-refractivity contribution in [1.82, 2.24) is 4.98 Å². The van der Waals surface area contributed by atoms with Gasteiger partial charge in [-0.25, -0.2) is 18.5 Å². The minimum atomic E-state index is -4.00. The summed E-state index contributed by atoms with van der Waals surface area (Å²) in [6, 6.07) is 2.36. The predicted molar refractivity (Wildman–Crippen MR) is 42.3 cm³/mol. The van der Waals surface area contributed by atoms with Crippen LogP contribution in [-0.4, -0.2) is 18.5 Å². The first-order valence-electron chi connectivity index (χ1n) is 2.79. The van der Waals surface area contributed by atoms with Crippen molar-refractivity contribution in [3.05, 3.63) is 17.3 Å². The van der Waals surface area contributed by atoms with Crippen LogP contribution in [0, 0.1) is 0 Å². The molecule has 0 aliphatic heterocycles. The second kappa shape index (κ2) is 2.89. The van der Waals surface area contributed by atoms with Crippen molar-refractivity contribution in [3.8, 4) is 5.75 Å². The molecule has 0 radical (unpaired) electrons. The number of hydrogen-bond acceptors (Lipinski definition) is 4. The van der Waals surface area contributed by atoms with Gasteiger partial charge >= 0.3 is 0 Å². The van der Waals surface area contributed by atoms with Gasteiger partial charge in [0.05, 0.1) is 0 Å². The number of aromatic hydroxyl groups is 1. The fourth-order valence-corrected chi connectivity index (χ4v) is 1.40. The van der Waals surface area contributed by atoms with Crippen molar-refractivity contribution in [2.45, 2.75) is 5.03 Å². The zero-order valence-electron chi connectivity index (χ0n) is 5.73. The second-order valence-corrected chi connectivity index (χ2v) is 3.87. The van der Waals surface area contributed by atoms with Crippen LogP contribution in [0.3, 0.4) is 0 Å². The molecule has 0 fully saturated rings. The van der Waals surface area contributed by atoms with E-state index in [2.05, 4.69) is 4.98 Å². The number of sulfonamides is 1. The second-order valence-electron chi connectivity index (χ2n) is 2.00. The Labute approximate surface area is 73.8 Å². The molecule has 1 rings (SSSR count). The normalized spacial score (nSPS) is 11.5. The number of nitrogens with zero attached hydrogens (tertiary/aromatic N) is 1. The van der Waals surface area contributed by atoms with Gasteiger partial charge < -0.3 is 5.11 Å². The summed E-state index contributed by atoms with van der Waals surface area (Å²) in [6.45, 7) is 0. The predicted octanol–water partition coefficient (Wildman–Crippen LogP) is 0.0880. The lowest BCUT2D eigenvalue weighted by atomic mass is 10.5. The molecule has 0 saturated carbocycles. The first-order chi connectivity index (χ1) is 5.41. The highest BCUT2D eigenvalue weighted by Crippen LogP contribution is 2.20. The molecule has 0 aliphatic rings. The van der Waals surface area contributed by atoms with Gasteiger partial charge in [0.15, 0.2) is 5.75 Å². The van der Waals surface area contributed by atoms with Crippen LogP contribution in [0.1, 0.15) is 0 Å². The summed E-state index contributed by atoms with van der Waals surface area (Å²) in [5, 5.41) is 13.0. The van der Waals surface area contributed by atoms with E-state index in [4.69, 9.17) is 21.8 Å². The maximum atomic E-state index is 10.7. The molecule has 66 valence electrons. The monoisotopic (exact) mass is 208 g/mol. The number of pyridine rings is 1. The van der Waals surface area contributed by atoms with Crippen LogP contribution < -0.4 is 5.14 Å². The van der Waals surface area contributed by atoms with Crippen molar-refractivity contribution in [1.29, 1.82) is 0 Å². The Morgan fingerprint density at radius 3 is 2.50 bits per heavy atom. The van der Waals surface area contributed by atoms with E-state index in [0.717, 1.165) is 6.07 Å². The molecule has 1 aromatic rings. The van der Waals surface area contributed by atoms with Crippen LogP contribution in [0.5, 0.6) is 5.75 Å². The Bertz CT molecular complexity index is 403. The fourth-order valence-electron chi connectivity index (χ4n) is 0.620. The summed E-state index contributed by atoms with van der Waals surface area (Å²) >= 11 is 5.38. The van der Waals surface area contributed by atoms with Crippen molar-refractivity contribution < 1.29 is 13.5 Å². The van der Waals surface area contributed by atoms with Gasteiger partial charge in [0.2, 0.25) is 5.03 Å². The summed E-state index contributed by atoms with van der Waals surface area (Å²) in [6.07, 6.45) is 0. The van der Waals surface area contributed by atoms with Crippen LogP contribution >= 0.6 is 11.6 Å². The first kappa shape index (κ1) is 9.24. The van der Waals surface area contributed by atoms with Crippen LogP contribution in [0.2, 0.25) is 5.15 Å². The van der Waals surface area contributed by atoms with Crippen LogP contribution in [0.4, 0.5) is 0 Å². The van der Waals surface area contributed by atoms with Gasteiger partial charge in [0.1, 0.15) is 5.15 Å². The van der Waals surface area contributed by atoms with E-state index in [9.17, 15) is 8.42 Å². The molecule has 12 heavy (non-hydrogen) atoms. The van der Waals surface area contributed by atoms with E-state index in [-0.39, 0.29) is 5.15 Å². The van der Waals surface area contributed by atoms with Gasteiger partial charge in [-0.3, -0.25) is 0 Å². The number of hydrogen-bond donors (Lipinski definition) is 2. The third-order valence-electron chi connectivity index (χ3n) is 1.08. The Hall–Kier alpha value is -0.850. The summed E-state index contributed by atoms with van der Waals surface area (Å²) in [5.41, 5.74) is 0. The third kappa shape index (κ3) is 1.84. The average Bonchev–Trinajstić information content (AvgIpc) is 1.92. The van der Waals surface area contributed by atoms with E-state index in [1.165, 1.54) is 6.07 Å². The number of halogens is 1. The molecule has 0 atom stereocenters. The molecule has 1 heterocycles. The maximum Gasteiger partial charge on any atom is 0.259 e. The SMILES string of the molecule is NS(=O)(=O)c1nc(Cl)ccc1O. The zero-order valence-corrected chi connectivity index (χ0v) is 7.30. The summed E-state index contributed by atoms with van der Waals surface area (Å²) in [4.78, 5) is 3.35. The molecule has 0 aliphatic carbocycles. The molecule has 5 nitrogen and oxygen atoms in total. The molecule has 7 heteroatoms. The third-order valence-corrected chi connectivity index (χ3v) is 2.13. The topological polar surface area (TPSA) is 93.3 Å². The number of primary sulfonamides is 1. The standard InChI is InChI=1S/C5H5ClN2O3S/c6-4-2-1-3(9)5(8-4)12(7,10)11/h1-2,9H,(H2,7,10,11). The Morgan fingerprint density at radius 1 is 1.50 bits per heavy atom. The average molecular weight is 209 g/mol. The van der Waals surface area contributed by atoms with Gasteiger partial charge in [-0.2, -0.15) is 0 Å². The molecule has 0 aromatic carbocycles. The van der Waals surface area contributed by atoms with E-state index >= 15 is 0 Å².